The summed E-state index contributed by atoms with van der Waals surface area (Å²) in [5.74, 6) is 1.75. The Balaban J connectivity index is 1.48. The first kappa shape index (κ1) is 45.2. The fourth-order valence-electron chi connectivity index (χ4n) is 7.31. The van der Waals surface area contributed by atoms with Gasteiger partial charge >= 0.3 is 0 Å². The molecule has 4 aromatic carbocycles. The quantitative estimate of drug-likeness (QED) is 0.0398. The van der Waals surface area contributed by atoms with E-state index in [2.05, 4.69) is 85.7 Å². The van der Waals surface area contributed by atoms with E-state index >= 15 is 0 Å². The van der Waals surface area contributed by atoms with Crippen molar-refractivity contribution < 1.29 is 27.0 Å². The number of hydrogen-bond acceptors (Lipinski definition) is 6. The summed E-state index contributed by atoms with van der Waals surface area (Å²) in [7, 11) is -4.77. The number of hydrogen-bond donors (Lipinski definition) is 0. The lowest BCUT2D eigenvalue weighted by Gasteiger charge is -2.26. The summed E-state index contributed by atoms with van der Waals surface area (Å²) >= 11 is 0. The molecule has 0 radical (unpaired) electrons. The molecule has 0 heterocycles. The van der Waals surface area contributed by atoms with E-state index in [-0.39, 0.29) is 4.90 Å². The van der Waals surface area contributed by atoms with Crippen molar-refractivity contribution in [3.63, 3.8) is 0 Å². The van der Waals surface area contributed by atoms with E-state index in [9.17, 15) is 13.0 Å². The third kappa shape index (κ3) is 13.3. The Hall–Kier alpha value is -4.92. The minimum Gasteiger partial charge on any atom is -0.744 e. The van der Waals surface area contributed by atoms with Crippen LogP contribution in [0.1, 0.15) is 116 Å². The molecule has 7 nitrogen and oxygen atoms in total. The maximum absolute atomic E-state index is 12.7. The number of benzene rings is 4. The molecule has 0 saturated carbocycles. The number of rotatable bonds is 24. The zero-order valence-electron chi connectivity index (χ0n) is 35.7. The molecule has 0 amide bonds. The number of anilines is 2. The molecule has 4 aromatic rings. The van der Waals surface area contributed by atoms with Crippen LogP contribution in [0.4, 0.5) is 17.1 Å². The summed E-state index contributed by atoms with van der Waals surface area (Å²) in [5.41, 5.74) is 6.88. The molecule has 59 heavy (non-hydrogen) atoms. The van der Waals surface area contributed by atoms with Gasteiger partial charge in [0.05, 0.1) is 18.1 Å². The maximum Gasteiger partial charge on any atom is 0.205 e. The van der Waals surface area contributed by atoms with Gasteiger partial charge in [-0.2, -0.15) is 4.58 Å². The normalized spacial score (nSPS) is 12.5. The standard InChI is InChI=1S/C51H64N2O5S/c1-5-9-13-17-39-57-47-33-29-45(30-34-47)52(37-11-7-3)43-25-21-41(22-26-43)51(49-19-15-16-20-50(49)59(54,55)56)42-23-27-44(28-24-42)53(38-12-8-4)46-31-35-48(36-32-46)58-40-18-14-10-6-2/h15-16,19-36H,5-14,17-18,37-40H2,1-4H3. The number of allylic oxidation sites excluding steroid dienone is 5. The van der Waals surface area contributed by atoms with Gasteiger partial charge in [0.15, 0.2) is 0 Å². The van der Waals surface area contributed by atoms with Gasteiger partial charge in [-0.05, 0) is 103 Å². The summed E-state index contributed by atoms with van der Waals surface area (Å²) < 4.78 is 52.4. The molecule has 1 aliphatic rings. The molecule has 1 aliphatic carbocycles. The molecule has 0 saturated heterocycles. The van der Waals surface area contributed by atoms with Gasteiger partial charge < -0.3 is 18.9 Å². The second kappa shape index (κ2) is 23.6. The molecule has 0 bridgehead atoms. The smallest absolute Gasteiger partial charge is 0.205 e. The van der Waals surface area contributed by atoms with Crippen LogP contribution >= 0.6 is 0 Å². The molecule has 0 aliphatic heterocycles. The van der Waals surface area contributed by atoms with Crippen molar-refractivity contribution in [3.8, 4) is 11.5 Å². The third-order valence-corrected chi connectivity index (χ3v) is 11.6. The molecule has 0 spiro atoms. The van der Waals surface area contributed by atoms with Crippen LogP contribution in [0.2, 0.25) is 0 Å². The average Bonchev–Trinajstić information content (AvgIpc) is 3.25. The van der Waals surface area contributed by atoms with Crippen LogP contribution in [0.25, 0.3) is 5.57 Å². The Labute approximate surface area is 354 Å². The third-order valence-electron chi connectivity index (χ3n) is 10.7. The predicted molar refractivity (Wildman–Crippen MR) is 244 cm³/mol. The minimum absolute atomic E-state index is 0.238. The first-order valence-corrected chi connectivity index (χ1v) is 23.3. The number of nitrogens with zero attached hydrogens (tertiary/aromatic N) is 2. The van der Waals surface area contributed by atoms with E-state index in [1.807, 2.05) is 48.6 Å². The molecule has 314 valence electrons. The second-order valence-electron chi connectivity index (χ2n) is 15.2. The van der Waals surface area contributed by atoms with Gasteiger partial charge in [0, 0.05) is 54.2 Å². The first-order chi connectivity index (χ1) is 28.8. The lowest BCUT2D eigenvalue weighted by atomic mass is 9.90. The van der Waals surface area contributed by atoms with Gasteiger partial charge in [0.1, 0.15) is 28.2 Å². The molecule has 8 heteroatoms. The lowest BCUT2D eigenvalue weighted by Crippen LogP contribution is -2.18. The van der Waals surface area contributed by atoms with E-state index in [1.54, 1.807) is 18.2 Å². The highest BCUT2D eigenvalue weighted by atomic mass is 32.2. The molecule has 0 aromatic heterocycles. The lowest BCUT2D eigenvalue weighted by molar-refractivity contribution is -0.439. The van der Waals surface area contributed by atoms with Crippen molar-refractivity contribution in [2.24, 2.45) is 0 Å². The molecule has 0 unspecified atom stereocenters. The Morgan fingerprint density at radius 1 is 0.593 bits per heavy atom. The summed E-state index contributed by atoms with van der Waals surface area (Å²) in [6.45, 7) is 11.9. The number of ether oxygens (including phenoxy) is 2. The summed E-state index contributed by atoms with van der Waals surface area (Å²) in [5, 5.41) is 0. The molecule has 0 fully saturated rings. The van der Waals surface area contributed by atoms with Crippen molar-refractivity contribution in [1.29, 1.82) is 0 Å². The van der Waals surface area contributed by atoms with Crippen molar-refractivity contribution in [2.45, 2.75) is 110 Å². The van der Waals surface area contributed by atoms with Crippen LogP contribution in [-0.2, 0) is 10.1 Å². The number of unbranched alkanes of at least 4 members (excludes halogenated alkanes) is 8. The van der Waals surface area contributed by atoms with E-state index in [1.165, 1.54) is 44.6 Å². The second-order valence-corrected chi connectivity index (χ2v) is 16.6. The van der Waals surface area contributed by atoms with Crippen LogP contribution in [0.15, 0.2) is 132 Å². The summed E-state index contributed by atoms with van der Waals surface area (Å²) in [6, 6.07) is 31.3. The van der Waals surface area contributed by atoms with Crippen molar-refractivity contribution in [1.82, 2.24) is 0 Å². The highest BCUT2D eigenvalue weighted by molar-refractivity contribution is 7.85. The topological polar surface area (TPSA) is 81.9 Å². The van der Waals surface area contributed by atoms with E-state index in [4.69, 9.17) is 9.47 Å². The first-order valence-electron chi connectivity index (χ1n) is 21.9. The van der Waals surface area contributed by atoms with Crippen LogP contribution in [0.3, 0.4) is 0 Å². The van der Waals surface area contributed by atoms with Crippen LogP contribution in [0, 0.1) is 0 Å². The molecule has 0 N–H and O–H groups in total. The SMILES string of the molecule is CCCCCCOc1ccc(N(CCCC)c2ccc(C(=C3C=CC(=[N+](CCCC)c4ccc(OCCCCCC)cc4)C=C3)c3ccccc3S(=O)(=O)[O-])cc2)cc1. The van der Waals surface area contributed by atoms with Gasteiger partial charge in [0.2, 0.25) is 11.4 Å². The summed E-state index contributed by atoms with van der Waals surface area (Å²) in [4.78, 5) is 2.07. The Bertz CT molecular complexity index is 2120. The molecule has 5 rings (SSSR count). The van der Waals surface area contributed by atoms with Gasteiger partial charge in [-0.15, -0.1) is 0 Å². The predicted octanol–water partition coefficient (Wildman–Crippen LogP) is 13.0. The van der Waals surface area contributed by atoms with Crippen LogP contribution in [-0.4, -0.2) is 49.6 Å². The van der Waals surface area contributed by atoms with Crippen molar-refractivity contribution in [3.05, 3.63) is 138 Å². The zero-order valence-corrected chi connectivity index (χ0v) is 36.5. The van der Waals surface area contributed by atoms with Crippen LogP contribution < -0.4 is 14.4 Å². The molecule has 0 atom stereocenters. The monoisotopic (exact) mass is 816 g/mol. The fourth-order valence-corrected chi connectivity index (χ4v) is 8.00. The van der Waals surface area contributed by atoms with E-state index < -0.39 is 10.1 Å². The Morgan fingerprint density at radius 2 is 1.12 bits per heavy atom. The Morgan fingerprint density at radius 3 is 1.66 bits per heavy atom. The van der Waals surface area contributed by atoms with Crippen LogP contribution in [0.5, 0.6) is 11.5 Å². The van der Waals surface area contributed by atoms with E-state index in [0.717, 1.165) is 110 Å². The minimum atomic E-state index is -4.77. The van der Waals surface area contributed by atoms with E-state index in [0.29, 0.717) is 11.1 Å². The van der Waals surface area contributed by atoms with Gasteiger partial charge in [-0.3, -0.25) is 0 Å². The molecular weight excluding hydrogens is 753 g/mol. The highest BCUT2D eigenvalue weighted by Gasteiger charge is 2.21. The van der Waals surface area contributed by atoms with Crippen molar-refractivity contribution in [2.75, 3.05) is 31.2 Å². The van der Waals surface area contributed by atoms with Gasteiger partial charge in [0.25, 0.3) is 0 Å². The highest BCUT2D eigenvalue weighted by Crippen LogP contribution is 2.36. The van der Waals surface area contributed by atoms with Gasteiger partial charge in [-0.1, -0.05) is 109 Å². The summed E-state index contributed by atoms with van der Waals surface area (Å²) in [6.07, 6.45) is 21.7. The van der Waals surface area contributed by atoms with Crippen molar-refractivity contribution >= 4 is 38.5 Å². The van der Waals surface area contributed by atoms with Gasteiger partial charge in [-0.25, -0.2) is 8.42 Å². The fraction of sp³-hybridized carbons (Fsp3) is 0.392. The molecular formula is C51H64N2O5S. The average molecular weight is 817 g/mol. The zero-order chi connectivity index (χ0) is 41.9. The Kier molecular flexibility index (Phi) is 18.1. The maximum atomic E-state index is 12.7. The largest absolute Gasteiger partial charge is 0.744 e.